The van der Waals surface area contributed by atoms with Gasteiger partial charge in [-0.25, -0.2) is 0 Å². The van der Waals surface area contributed by atoms with Crippen LogP contribution in [0.4, 0.5) is 0 Å². The van der Waals surface area contributed by atoms with Crippen LogP contribution in [0.2, 0.25) is 0 Å². The van der Waals surface area contributed by atoms with Crippen LogP contribution in [0, 0.1) is 0 Å². The molecule has 2 rings (SSSR count). The summed E-state index contributed by atoms with van der Waals surface area (Å²) in [5, 5.41) is 27.9. The predicted octanol–water partition coefficient (Wildman–Crippen LogP) is 0.591. The van der Waals surface area contributed by atoms with E-state index in [9.17, 15) is 19.8 Å². The number of carbonyl (C=O) groups excluding carboxylic acids is 2. The highest BCUT2D eigenvalue weighted by molar-refractivity contribution is 7.98. The van der Waals surface area contributed by atoms with E-state index in [1.165, 1.54) is 5.41 Å². The molecule has 1 heterocycles. The molecule has 1 unspecified atom stereocenters. The van der Waals surface area contributed by atoms with Crippen molar-refractivity contribution in [1.82, 2.24) is 4.90 Å². The summed E-state index contributed by atoms with van der Waals surface area (Å²) >= 11 is 0. The van der Waals surface area contributed by atoms with Crippen molar-refractivity contribution in [2.45, 2.75) is 18.9 Å². The number of allylic oxidation sites excluding steroid dienone is 1. The molecule has 1 aliphatic heterocycles. The first-order valence-electron chi connectivity index (χ1n) is 8.08. The van der Waals surface area contributed by atoms with Gasteiger partial charge in [0.25, 0.3) is 11.8 Å². The highest BCUT2D eigenvalue weighted by Gasteiger charge is 2.39. The second kappa shape index (κ2) is 8.68. The summed E-state index contributed by atoms with van der Waals surface area (Å²) in [4.78, 5) is 26.5. The molecule has 0 aliphatic carbocycles. The summed E-state index contributed by atoms with van der Waals surface area (Å²) in [5.41, 5.74) is 0.618. The molecule has 26 heavy (non-hydrogen) atoms. The number of imide groups is 1. The third-order valence-electron chi connectivity index (χ3n) is 3.85. The lowest BCUT2D eigenvalue weighted by Crippen LogP contribution is -2.44. The van der Waals surface area contributed by atoms with Crippen LogP contribution < -0.4 is 10.2 Å². The van der Waals surface area contributed by atoms with Crippen LogP contribution in [0.1, 0.15) is 33.6 Å². The first-order valence-corrected chi connectivity index (χ1v) is 12.3. The lowest BCUT2D eigenvalue weighted by molar-refractivity contribution is -0.316. The van der Waals surface area contributed by atoms with Crippen LogP contribution in [0.3, 0.4) is 0 Å². The minimum atomic E-state index is -0.940. The fourth-order valence-electron chi connectivity index (χ4n) is 2.80. The molecule has 1 aromatic carbocycles. The lowest BCUT2D eigenvalue weighted by atomic mass is 10.1. The Balaban J connectivity index is 2.33. The molecule has 1 aromatic rings. The summed E-state index contributed by atoms with van der Waals surface area (Å²) < 4.78 is 0. The summed E-state index contributed by atoms with van der Waals surface area (Å²) in [7, 11) is -0.420. The van der Waals surface area contributed by atoms with Gasteiger partial charge >= 0.3 is 0 Å². The Bertz CT molecular complexity index is 721. The SMILES string of the molecule is C[S+](C)/C=C(\[O-])CCC(/C([O-])=C/[S+](C)C)N1C(=O)c2ccccc2C1=O. The molecule has 1 atom stereocenters. The van der Waals surface area contributed by atoms with E-state index in [0.717, 1.165) is 4.90 Å². The van der Waals surface area contributed by atoms with E-state index in [-0.39, 0.29) is 46.1 Å². The van der Waals surface area contributed by atoms with Crippen LogP contribution in [0.15, 0.2) is 46.6 Å². The first-order chi connectivity index (χ1) is 12.2. The molecule has 0 radical (unpaired) electrons. The van der Waals surface area contributed by atoms with Gasteiger partial charge in [0.2, 0.25) is 0 Å². The van der Waals surface area contributed by atoms with E-state index in [1.807, 2.05) is 25.0 Å². The van der Waals surface area contributed by atoms with E-state index < -0.39 is 17.9 Å². The molecular weight excluding hydrogens is 370 g/mol. The molecule has 5 nitrogen and oxygen atoms in total. The molecule has 0 fully saturated rings. The van der Waals surface area contributed by atoms with Gasteiger partial charge in [0.15, 0.2) is 0 Å². The first kappa shape index (κ1) is 20.5. The van der Waals surface area contributed by atoms with E-state index in [1.54, 1.807) is 29.7 Å². The van der Waals surface area contributed by atoms with E-state index in [4.69, 9.17) is 0 Å². The predicted molar refractivity (Wildman–Crippen MR) is 105 cm³/mol. The number of fused-ring (bicyclic) bond motifs is 1. The van der Waals surface area contributed by atoms with Crippen molar-refractivity contribution in [3.8, 4) is 0 Å². The number of hydrogen-bond donors (Lipinski definition) is 0. The second-order valence-electron chi connectivity index (χ2n) is 6.44. The molecule has 0 spiro atoms. The largest absolute Gasteiger partial charge is 0.873 e. The van der Waals surface area contributed by atoms with Gasteiger partial charge in [-0.2, -0.15) is 0 Å². The number of hydrogen-bond acceptors (Lipinski definition) is 4. The zero-order valence-corrected chi connectivity index (χ0v) is 17.0. The van der Waals surface area contributed by atoms with Gasteiger partial charge in [0.1, 0.15) is 35.8 Å². The number of nitrogens with zero attached hydrogens (tertiary/aromatic N) is 1. The van der Waals surface area contributed by atoms with Crippen molar-refractivity contribution in [3.05, 3.63) is 57.7 Å². The molecule has 140 valence electrons. The Kier molecular flexibility index (Phi) is 6.83. The highest BCUT2D eigenvalue weighted by Crippen LogP contribution is 2.28. The Morgan fingerprint density at radius 3 is 1.96 bits per heavy atom. The van der Waals surface area contributed by atoms with Crippen molar-refractivity contribution in [2.75, 3.05) is 25.0 Å². The van der Waals surface area contributed by atoms with Gasteiger partial charge in [0, 0.05) is 21.8 Å². The molecule has 2 amide bonds. The highest BCUT2D eigenvalue weighted by atomic mass is 32.2. The average Bonchev–Trinajstić information content (AvgIpc) is 2.79. The number of rotatable bonds is 7. The molecule has 0 aromatic heterocycles. The molecular formula is C19H23NO4S2. The third kappa shape index (κ3) is 4.65. The standard InChI is InChI=1S/C19H23NO4S2/c1-25(2)11-13(21)9-10-16(17(22)12-26(3)4)20-18(23)14-7-5-6-8-15(14)19(20)24/h5-8,11-12,16H,9-10H2,1-4H3/b13-11-,17-12-. The normalized spacial score (nSPS) is 16.6. The topological polar surface area (TPSA) is 83.5 Å². The Morgan fingerprint density at radius 2 is 1.50 bits per heavy atom. The van der Waals surface area contributed by atoms with Crippen molar-refractivity contribution < 1.29 is 19.8 Å². The molecule has 0 saturated carbocycles. The number of carbonyl (C=O) groups is 2. The lowest BCUT2D eigenvalue weighted by Gasteiger charge is -2.31. The van der Waals surface area contributed by atoms with Crippen LogP contribution in [0.25, 0.3) is 0 Å². The number of benzene rings is 1. The van der Waals surface area contributed by atoms with Crippen molar-refractivity contribution in [3.63, 3.8) is 0 Å². The zero-order valence-electron chi connectivity index (χ0n) is 15.4. The summed E-state index contributed by atoms with van der Waals surface area (Å²) in [6.45, 7) is 0. The fraction of sp³-hybridized carbons (Fsp3) is 0.368. The van der Waals surface area contributed by atoms with E-state index in [2.05, 4.69) is 0 Å². The van der Waals surface area contributed by atoms with Crippen molar-refractivity contribution in [2.24, 2.45) is 0 Å². The summed E-state index contributed by atoms with van der Waals surface area (Å²) in [6, 6.07) is 5.61. The van der Waals surface area contributed by atoms with Crippen molar-refractivity contribution >= 4 is 33.6 Å². The van der Waals surface area contributed by atoms with Crippen molar-refractivity contribution in [1.29, 1.82) is 0 Å². The molecule has 0 saturated heterocycles. The summed E-state index contributed by atoms with van der Waals surface area (Å²) in [5.74, 6) is -1.29. The van der Waals surface area contributed by atoms with Gasteiger partial charge in [-0.15, -0.1) is 0 Å². The summed E-state index contributed by atoms with van der Waals surface area (Å²) in [6.07, 6.45) is 7.90. The van der Waals surface area contributed by atoms with Gasteiger partial charge in [-0.3, -0.25) is 14.5 Å². The third-order valence-corrected chi connectivity index (χ3v) is 5.29. The fourth-order valence-corrected chi connectivity index (χ4v) is 4.07. The quantitative estimate of drug-likeness (QED) is 0.386. The maximum atomic E-state index is 12.7. The Morgan fingerprint density at radius 1 is 1.00 bits per heavy atom. The van der Waals surface area contributed by atoms with Crippen LogP contribution in [-0.4, -0.2) is 47.8 Å². The van der Waals surface area contributed by atoms with Crippen LogP contribution >= 0.6 is 0 Å². The average molecular weight is 394 g/mol. The Labute approximate surface area is 160 Å². The molecule has 0 N–H and O–H groups in total. The maximum absolute atomic E-state index is 12.7. The van der Waals surface area contributed by atoms with E-state index in [0.29, 0.717) is 11.1 Å². The van der Waals surface area contributed by atoms with E-state index >= 15 is 0 Å². The minimum absolute atomic E-state index is 0.0697. The van der Waals surface area contributed by atoms with Gasteiger partial charge in [-0.05, 0) is 25.0 Å². The zero-order chi connectivity index (χ0) is 19.4. The second-order valence-corrected chi connectivity index (χ2v) is 10.4. The molecule has 0 bridgehead atoms. The van der Waals surface area contributed by atoms with Gasteiger partial charge < -0.3 is 10.2 Å². The van der Waals surface area contributed by atoms with Crippen LogP contribution in [-0.2, 0) is 21.8 Å². The smallest absolute Gasteiger partial charge is 0.262 e. The molecule has 7 heteroatoms. The number of amides is 2. The minimum Gasteiger partial charge on any atom is -0.873 e. The van der Waals surface area contributed by atoms with Gasteiger partial charge in [-0.1, -0.05) is 23.7 Å². The van der Waals surface area contributed by atoms with Gasteiger partial charge in [0.05, 0.1) is 17.2 Å². The monoisotopic (exact) mass is 393 g/mol. The Hall–Kier alpha value is -1.86. The van der Waals surface area contributed by atoms with Crippen LogP contribution in [0.5, 0.6) is 0 Å². The maximum Gasteiger partial charge on any atom is 0.262 e. The molecule has 1 aliphatic rings.